The fourth-order valence-corrected chi connectivity index (χ4v) is 3.91. The lowest BCUT2D eigenvalue weighted by Crippen LogP contribution is -2.07. The van der Waals surface area contributed by atoms with Crippen LogP contribution in [0.3, 0.4) is 0 Å². The number of hydrogen-bond acceptors (Lipinski definition) is 3. The molecule has 1 aromatic heterocycles. The van der Waals surface area contributed by atoms with E-state index in [1.165, 1.54) is 29.9 Å². The first kappa shape index (κ1) is 14.2. The van der Waals surface area contributed by atoms with Gasteiger partial charge >= 0.3 is 5.97 Å². The molecule has 1 fully saturated rings. The summed E-state index contributed by atoms with van der Waals surface area (Å²) in [5.41, 5.74) is 3.31. The molecule has 1 saturated heterocycles. The van der Waals surface area contributed by atoms with Gasteiger partial charge in [-0.15, -0.1) is 0 Å². The van der Waals surface area contributed by atoms with Crippen molar-refractivity contribution in [3.05, 3.63) is 41.6 Å². The molecule has 0 amide bonds. The molecular weight excluding hydrogens is 284 g/mol. The lowest BCUT2D eigenvalue weighted by atomic mass is 9.92. The molecule has 0 atom stereocenters. The molecule has 0 bridgehead atoms. The second kappa shape index (κ2) is 5.93. The maximum Gasteiger partial charge on any atom is 0.356 e. The molecule has 1 aromatic carbocycles. The summed E-state index contributed by atoms with van der Waals surface area (Å²) in [5, 5.41) is 13.0. The Morgan fingerprint density at radius 1 is 1.29 bits per heavy atom. The number of thioether (sulfide) groups is 1. The van der Waals surface area contributed by atoms with E-state index in [9.17, 15) is 4.79 Å². The number of rotatable bonds is 3. The Morgan fingerprint density at radius 2 is 1.95 bits per heavy atom. The maximum absolute atomic E-state index is 11.0. The molecule has 2 aromatic rings. The molecule has 1 aliphatic rings. The molecule has 4 nitrogen and oxygen atoms in total. The summed E-state index contributed by atoms with van der Waals surface area (Å²) in [4.78, 5) is 11.0. The van der Waals surface area contributed by atoms with Crippen LogP contribution in [0.25, 0.3) is 11.3 Å². The van der Waals surface area contributed by atoms with Crippen LogP contribution in [0.15, 0.2) is 30.3 Å². The van der Waals surface area contributed by atoms with E-state index in [-0.39, 0.29) is 5.69 Å². The van der Waals surface area contributed by atoms with Gasteiger partial charge in [0.25, 0.3) is 0 Å². The standard InChI is InChI=1S/C16H18N2O2S/c1-18-15(10-14(17-18)16(19)20)13-4-2-11(3-5-13)12-6-8-21-9-7-12/h2-5,10,12H,6-9H2,1H3,(H,19,20). The maximum atomic E-state index is 11.0. The summed E-state index contributed by atoms with van der Waals surface area (Å²) in [6.07, 6.45) is 2.50. The number of aromatic carboxylic acids is 1. The molecular formula is C16H18N2O2S. The van der Waals surface area contributed by atoms with Gasteiger partial charge in [-0.3, -0.25) is 4.68 Å². The van der Waals surface area contributed by atoms with E-state index in [4.69, 9.17) is 5.11 Å². The van der Waals surface area contributed by atoms with Gasteiger partial charge in [0, 0.05) is 7.05 Å². The predicted octanol–water partition coefficient (Wildman–Crippen LogP) is 3.40. The van der Waals surface area contributed by atoms with Crippen LogP contribution in [-0.2, 0) is 7.05 Å². The van der Waals surface area contributed by atoms with Gasteiger partial charge in [0.05, 0.1) is 5.69 Å². The average molecular weight is 302 g/mol. The molecule has 0 unspecified atom stereocenters. The van der Waals surface area contributed by atoms with Gasteiger partial charge in [-0.1, -0.05) is 24.3 Å². The highest BCUT2D eigenvalue weighted by molar-refractivity contribution is 7.99. The van der Waals surface area contributed by atoms with E-state index in [1.54, 1.807) is 17.8 Å². The highest BCUT2D eigenvalue weighted by atomic mass is 32.2. The lowest BCUT2D eigenvalue weighted by Gasteiger charge is -2.21. The third-order valence-electron chi connectivity index (χ3n) is 4.00. The second-order valence-electron chi connectivity index (χ2n) is 5.35. The van der Waals surface area contributed by atoms with Crippen LogP contribution in [0.2, 0.25) is 0 Å². The quantitative estimate of drug-likeness (QED) is 0.944. The molecule has 2 heterocycles. The Labute approximate surface area is 128 Å². The largest absolute Gasteiger partial charge is 0.476 e. The molecule has 110 valence electrons. The van der Waals surface area contributed by atoms with Crippen molar-refractivity contribution in [2.75, 3.05) is 11.5 Å². The van der Waals surface area contributed by atoms with Gasteiger partial charge in [-0.05, 0) is 47.5 Å². The summed E-state index contributed by atoms with van der Waals surface area (Å²) < 4.78 is 1.62. The molecule has 0 radical (unpaired) electrons. The van der Waals surface area contributed by atoms with Gasteiger partial charge in [0.15, 0.2) is 5.69 Å². The topological polar surface area (TPSA) is 55.1 Å². The summed E-state index contributed by atoms with van der Waals surface area (Å²) in [7, 11) is 1.77. The smallest absolute Gasteiger partial charge is 0.356 e. The minimum atomic E-state index is -0.992. The fourth-order valence-electron chi connectivity index (χ4n) is 2.80. The van der Waals surface area contributed by atoms with Crippen LogP contribution in [0.1, 0.15) is 34.8 Å². The Hall–Kier alpha value is -1.75. The summed E-state index contributed by atoms with van der Waals surface area (Å²) in [6.45, 7) is 0. The van der Waals surface area contributed by atoms with Crippen molar-refractivity contribution < 1.29 is 9.90 Å². The molecule has 0 spiro atoms. The normalized spacial score (nSPS) is 16.0. The van der Waals surface area contributed by atoms with Crippen LogP contribution >= 0.6 is 11.8 Å². The van der Waals surface area contributed by atoms with E-state index < -0.39 is 5.97 Å². The average Bonchev–Trinajstić information content (AvgIpc) is 2.91. The van der Waals surface area contributed by atoms with Crippen molar-refractivity contribution in [2.24, 2.45) is 7.05 Å². The summed E-state index contributed by atoms with van der Waals surface area (Å²) in [6, 6.07) is 10.1. The summed E-state index contributed by atoms with van der Waals surface area (Å²) >= 11 is 2.03. The monoisotopic (exact) mass is 302 g/mol. The number of carbonyl (C=O) groups is 1. The van der Waals surface area contributed by atoms with Crippen LogP contribution < -0.4 is 0 Å². The molecule has 1 N–H and O–H groups in total. The molecule has 0 saturated carbocycles. The van der Waals surface area contributed by atoms with Crippen molar-refractivity contribution in [2.45, 2.75) is 18.8 Å². The van der Waals surface area contributed by atoms with Crippen molar-refractivity contribution >= 4 is 17.7 Å². The SMILES string of the molecule is Cn1nc(C(=O)O)cc1-c1ccc(C2CCSCC2)cc1. The number of aromatic nitrogens is 2. The Bertz CT molecular complexity index is 643. The van der Waals surface area contributed by atoms with Gasteiger partial charge < -0.3 is 5.11 Å². The van der Waals surface area contributed by atoms with E-state index in [2.05, 4.69) is 29.4 Å². The number of carboxylic acid groups (broad SMARTS) is 1. The number of hydrogen-bond donors (Lipinski definition) is 1. The fraction of sp³-hybridized carbons (Fsp3) is 0.375. The Kier molecular flexibility index (Phi) is 4.01. The van der Waals surface area contributed by atoms with E-state index in [1.807, 2.05) is 11.8 Å². The molecule has 21 heavy (non-hydrogen) atoms. The first-order valence-electron chi connectivity index (χ1n) is 7.10. The highest BCUT2D eigenvalue weighted by Gasteiger charge is 2.16. The van der Waals surface area contributed by atoms with Gasteiger partial charge in [0.1, 0.15) is 0 Å². The zero-order valence-corrected chi connectivity index (χ0v) is 12.8. The van der Waals surface area contributed by atoms with Crippen LogP contribution in [-0.4, -0.2) is 32.4 Å². The van der Waals surface area contributed by atoms with Crippen molar-refractivity contribution in [1.29, 1.82) is 0 Å². The van der Waals surface area contributed by atoms with Crippen molar-refractivity contribution in [3.63, 3.8) is 0 Å². The predicted molar refractivity (Wildman–Crippen MR) is 84.9 cm³/mol. The molecule has 1 aliphatic heterocycles. The number of aryl methyl sites for hydroxylation is 1. The van der Waals surface area contributed by atoms with Crippen molar-refractivity contribution in [1.82, 2.24) is 9.78 Å². The van der Waals surface area contributed by atoms with Crippen LogP contribution in [0, 0.1) is 0 Å². The highest BCUT2D eigenvalue weighted by Crippen LogP contribution is 2.32. The number of benzene rings is 1. The zero-order chi connectivity index (χ0) is 14.8. The van der Waals surface area contributed by atoms with E-state index in [0.29, 0.717) is 5.92 Å². The third-order valence-corrected chi connectivity index (χ3v) is 5.05. The Balaban J connectivity index is 1.85. The van der Waals surface area contributed by atoms with Crippen LogP contribution in [0.4, 0.5) is 0 Å². The first-order valence-corrected chi connectivity index (χ1v) is 8.26. The minimum absolute atomic E-state index is 0.0841. The molecule has 0 aliphatic carbocycles. The Morgan fingerprint density at radius 3 is 2.52 bits per heavy atom. The van der Waals surface area contributed by atoms with E-state index in [0.717, 1.165) is 11.3 Å². The molecule has 3 rings (SSSR count). The number of carboxylic acids is 1. The minimum Gasteiger partial charge on any atom is -0.476 e. The lowest BCUT2D eigenvalue weighted by molar-refractivity contribution is 0.0689. The van der Waals surface area contributed by atoms with Gasteiger partial charge in [-0.25, -0.2) is 4.79 Å². The number of nitrogens with zero attached hydrogens (tertiary/aromatic N) is 2. The molecule has 5 heteroatoms. The summed E-state index contributed by atoms with van der Waals surface area (Å²) in [5.74, 6) is 2.17. The van der Waals surface area contributed by atoms with Crippen molar-refractivity contribution in [3.8, 4) is 11.3 Å². The zero-order valence-electron chi connectivity index (χ0n) is 12.0. The second-order valence-corrected chi connectivity index (χ2v) is 6.58. The van der Waals surface area contributed by atoms with Gasteiger partial charge in [-0.2, -0.15) is 16.9 Å². The van der Waals surface area contributed by atoms with Gasteiger partial charge in [0.2, 0.25) is 0 Å². The van der Waals surface area contributed by atoms with Crippen LogP contribution in [0.5, 0.6) is 0 Å². The van der Waals surface area contributed by atoms with E-state index >= 15 is 0 Å². The first-order chi connectivity index (χ1) is 10.1. The third kappa shape index (κ3) is 2.97.